The van der Waals surface area contributed by atoms with Crippen molar-refractivity contribution in [2.24, 2.45) is 13.0 Å². The molecular formula is C15H19ClN2O2. The molecule has 0 aliphatic carbocycles. The van der Waals surface area contributed by atoms with Gasteiger partial charge in [-0.05, 0) is 31.5 Å². The third-order valence-corrected chi connectivity index (χ3v) is 3.78. The van der Waals surface area contributed by atoms with E-state index in [-0.39, 0.29) is 18.0 Å². The van der Waals surface area contributed by atoms with Crippen LogP contribution in [0.15, 0.2) is 18.2 Å². The van der Waals surface area contributed by atoms with E-state index in [0.717, 1.165) is 23.3 Å². The number of ether oxygens (including phenoxy) is 1. The number of benzene rings is 1. The van der Waals surface area contributed by atoms with E-state index in [1.807, 2.05) is 50.6 Å². The number of esters is 1. The summed E-state index contributed by atoms with van der Waals surface area (Å²) in [5.41, 5.74) is 1.78. The zero-order valence-electron chi connectivity index (χ0n) is 12.2. The van der Waals surface area contributed by atoms with Crippen LogP contribution in [-0.2, 0) is 16.6 Å². The maximum atomic E-state index is 11.9. The monoisotopic (exact) mass is 294 g/mol. The lowest BCUT2D eigenvalue weighted by molar-refractivity contribution is -0.153. The SMILES string of the molecule is CC[C@H](C)C(=O)O[C@H](C)c1nc2cc(Cl)ccc2n1C. The minimum absolute atomic E-state index is 0.0958. The Labute approximate surface area is 123 Å². The highest BCUT2D eigenvalue weighted by molar-refractivity contribution is 6.31. The Morgan fingerprint density at radius 3 is 2.80 bits per heavy atom. The van der Waals surface area contributed by atoms with E-state index in [4.69, 9.17) is 16.3 Å². The number of halogens is 1. The van der Waals surface area contributed by atoms with Crippen LogP contribution in [0.25, 0.3) is 11.0 Å². The van der Waals surface area contributed by atoms with Crippen LogP contribution >= 0.6 is 11.6 Å². The number of rotatable bonds is 4. The molecule has 2 atom stereocenters. The van der Waals surface area contributed by atoms with Crippen molar-refractivity contribution in [2.45, 2.75) is 33.3 Å². The van der Waals surface area contributed by atoms with E-state index in [1.54, 1.807) is 0 Å². The summed E-state index contributed by atoms with van der Waals surface area (Å²) in [5.74, 6) is 0.436. The number of fused-ring (bicyclic) bond motifs is 1. The number of nitrogens with zero attached hydrogens (tertiary/aromatic N) is 2. The summed E-state index contributed by atoms with van der Waals surface area (Å²) in [7, 11) is 1.91. The quantitative estimate of drug-likeness (QED) is 0.804. The maximum Gasteiger partial charge on any atom is 0.309 e. The second-order valence-electron chi connectivity index (χ2n) is 5.05. The smallest absolute Gasteiger partial charge is 0.309 e. The minimum Gasteiger partial charge on any atom is -0.454 e. The molecule has 2 rings (SSSR count). The normalized spacial score (nSPS) is 14.2. The van der Waals surface area contributed by atoms with Gasteiger partial charge in [0, 0.05) is 12.1 Å². The molecule has 5 heteroatoms. The average Bonchev–Trinajstić information content (AvgIpc) is 2.74. The van der Waals surface area contributed by atoms with Crippen molar-refractivity contribution in [3.05, 3.63) is 29.0 Å². The van der Waals surface area contributed by atoms with Crippen molar-refractivity contribution in [1.29, 1.82) is 0 Å². The van der Waals surface area contributed by atoms with Crippen molar-refractivity contribution >= 4 is 28.6 Å². The van der Waals surface area contributed by atoms with E-state index < -0.39 is 0 Å². The lowest BCUT2D eigenvalue weighted by Gasteiger charge is -2.15. The summed E-state index contributed by atoms with van der Waals surface area (Å²) in [6.07, 6.45) is 0.386. The zero-order valence-corrected chi connectivity index (χ0v) is 12.9. The molecule has 4 nitrogen and oxygen atoms in total. The second kappa shape index (κ2) is 5.83. The molecule has 0 unspecified atom stereocenters. The second-order valence-corrected chi connectivity index (χ2v) is 5.49. The molecule has 1 heterocycles. The molecule has 1 aromatic heterocycles. The number of aryl methyl sites for hydroxylation is 1. The average molecular weight is 295 g/mol. The Hall–Kier alpha value is -1.55. The fourth-order valence-corrected chi connectivity index (χ4v) is 2.23. The number of hydrogen-bond donors (Lipinski definition) is 0. The van der Waals surface area contributed by atoms with Crippen LogP contribution in [-0.4, -0.2) is 15.5 Å². The highest BCUT2D eigenvalue weighted by atomic mass is 35.5. The van der Waals surface area contributed by atoms with Gasteiger partial charge in [0.2, 0.25) is 0 Å². The largest absolute Gasteiger partial charge is 0.454 e. The van der Waals surface area contributed by atoms with Gasteiger partial charge in [0.15, 0.2) is 11.9 Å². The van der Waals surface area contributed by atoms with Crippen LogP contribution in [0.5, 0.6) is 0 Å². The van der Waals surface area contributed by atoms with E-state index in [1.165, 1.54) is 0 Å². The topological polar surface area (TPSA) is 44.1 Å². The predicted octanol–water partition coefficient (Wildman–Crippen LogP) is 3.88. The van der Waals surface area contributed by atoms with Crippen molar-refractivity contribution in [3.63, 3.8) is 0 Å². The summed E-state index contributed by atoms with van der Waals surface area (Å²) in [6, 6.07) is 5.55. The summed E-state index contributed by atoms with van der Waals surface area (Å²) in [4.78, 5) is 16.4. The molecule has 0 fully saturated rings. The Morgan fingerprint density at radius 2 is 2.15 bits per heavy atom. The van der Waals surface area contributed by atoms with Crippen LogP contribution in [0, 0.1) is 5.92 Å². The van der Waals surface area contributed by atoms with Gasteiger partial charge in [-0.1, -0.05) is 25.4 Å². The fourth-order valence-electron chi connectivity index (χ4n) is 2.06. The number of hydrogen-bond acceptors (Lipinski definition) is 3. The van der Waals surface area contributed by atoms with Crippen LogP contribution in [0.1, 0.15) is 39.1 Å². The molecule has 0 saturated heterocycles. The fraction of sp³-hybridized carbons (Fsp3) is 0.467. The lowest BCUT2D eigenvalue weighted by Crippen LogP contribution is -2.18. The van der Waals surface area contributed by atoms with Gasteiger partial charge in [-0.25, -0.2) is 4.98 Å². The third-order valence-electron chi connectivity index (χ3n) is 3.55. The maximum absolute atomic E-state index is 11.9. The molecule has 1 aromatic carbocycles. The summed E-state index contributed by atoms with van der Waals surface area (Å²) in [6.45, 7) is 5.67. The zero-order chi connectivity index (χ0) is 14.9. The Morgan fingerprint density at radius 1 is 1.45 bits per heavy atom. The first-order chi connectivity index (χ1) is 9.43. The highest BCUT2D eigenvalue weighted by Crippen LogP contribution is 2.25. The Kier molecular flexibility index (Phi) is 4.33. The van der Waals surface area contributed by atoms with Gasteiger partial charge in [-0.3, -0.25) is 4.79 Å². The van der Waals surface area contributed by atoms with Gasteiger partial charge < -0.3 is 9.30 Å². The number of carbonyl (C=O) groups excluding carboxylic acids is 1. The predicted molar refractivity (Wildman–Crippen MR) is 79.7 cm³/mol. The molecular weight excluding hydrogens is 276 g/mol. The molecule has 0 aliphatic rings. The van der Waals surface area contributed by atoms with Crippen LogP contribution in [0.3, 0.4) is 0 Å². The van der Waals surface area contributed by atoms with Gasteiger partial charge in [0.1, 0.15) is 0 Å². The van der Waals surface area contributed by atoms with Crippen molar-refractivity contribution in [3.8, 4) is 0 Å². The molecule has 20 heavy (non-hydrogen) atoms. The van der Waals surface area contributed by atoms with Crippen molar-refractivity contribution in [1.82, 2.24) is 9.55 Å². The molecule has 0 saturated carbocycles. The van der Waals surface area contributed by atoms with Crippen molar-refractivity contribution < 1.29 is 9.53 Å². The number of aromatic nitrogens is 2. The molecule has 0 radical (unpaired) electrons. The van der Waals surface area contributed by atoms with Gasteiger partial charge in [-0.15, -0.1) is 0 Å². The molecule has 0 N–H and O–H groups in total. The van der Waals surface area contributed by atoms with Crippen LogP contribution < -0.4 is 0 Å². The van der Waals surface area contributed by atoms with Gasteiger partial charge >= 0.3 is 5.97 Å². The molecule has 0 amide bonds. The van der Waals surface area contributed by atoms with E-state index in [2.05, 4.69) is 4.98 Å². The minimum atomic E-state index is -0.382. The van der Waals surface area contributed by atoms with Gasteiger partial charge in [0.25, 0.3) is 0 Å². The van der Waals surface area contributed by atoms with Crippen LogP contribution in [0.2, 0.25) is 5.02 Å². The number of imidazole rings is 1. The third kappa shape index (κ3) is 2.80. The molecule has 0 spiro atoms. The molecule has 0 bridgehead atoms. The molecule has 2 aromatic rings. The highest BCUT2D eigenvalue weighted by Gasteiger charge is 2.21. The van der Waals surface area contributed by atoms with Gasteiger partial charge in [-0.2, -0.15) is 0 Å². The summed E-state index contributed by atoms with van der Waals surface area (Å²) < 4.78 is 7.41. The Balaban J connectivity index is 2.28. The van der Waals surface area contributed by atoms with Gasteiger partial charge in [0.05, 0.1) is 17.0 Å². The molecule has 0 aliphatic heterocycles. The first-order valence-corrected chi connectivity index (χ1v) is 7.14. The summed E-state index contributed by atoms with van der Waals surface area (Å²) in [5, 5.41) is 0.645. The summed E-state index contributed by atoms with van der Waals surface area (Å²) >= 11 is 5.97. The molecule has 108 valence electrons. The van der Waals surface area contributed by atoms with Crippen LogP contribution in [0.4, 0.5) is 0 Å². The standard InChI is InChI=1S/C15H19ClN2O2/c1-5-9(2)15(19)20-10(3)14-17-12-8-11(16)6-7-13(12)18(14)4/h6-10H,5H2,1-4H3/t9-,10+/m0/s1. The van der Waals surface area contributed by atoms with E-state index in [0.29, 0.717) is 5.02 Å². The number of carbonyl (C=O) groups is 1. The first-order valence-electron chi connectivity index (χ1n) is 6.76. The Bertz CT molecular complexity index is 636. The first kappa shape index (κ1) is 14.9. The van der Waals surface area contributed by atoms with E-state index >= 15 is 0 Å². The van der Waals surface area contributed by atoms with E-state index in [9.17, 15) is 4.79 Å². The van der Waals surface area contributed by atoms with Crippen molar-refractivity contribution in [2.75, 3.05) is 0 Å². The lowest BCUT2D eigenvalue weighted by atomic mass is 10.1.